The number of benzene rings is 1. The zero-order chi connectivity index (χ0) is 11.4. The van der Waals surface area contributed by atoms with Crippen molar-refractivity contribution in [2.24, 2.45) is 0 Å². The molecular formula is C13H12IOS. The number of hydrogen-bond acceptors (Lipinski definition) is 2. The molecule has 1 aromatic carbocycles. The van der Waals surface area contributed by atoms with E-state index in [0.29, 0.717) is 0 Å². The molecule has 0 aliphatic heterocycles. The van der Waals surface area contributed by atoms with Gasteiger partial charge in [-0.25, -0.2) is 0 Å². The molecule has 1 heterocycles. The molecule has 0 N–H and O–H groups in total. The molecule has 1 radical (unpaired) electrons. The molecule has 1 aromatic heterocycles. The molecule has 0 saturated heterocycles. The summed E-state index contributed by atoms with van der Waals surface area (Å²) >= 11 is 4.00. The maximum atomic E-state index is 5.93. The number of thiophene rings is 1. The Morgan fingerprint density at radius 1 is 1.31 bits per heavy atom. The van der Waals surface area contributed by atoms with Crippen LogP contribution in [0.4, 0.5) is 0 Å². The fourth-order valence-corrected chi connectivity index (χ4v) is 2.74. The topological polar surface area (TPSA) is 9.23 Å². The molecule has 2 aromatic rings. The van der Waals surface area contributed by atoms with Gasteiger partial charge < -0.3 is 4.74 Å². The predicted octanol–water partition coefficient (Wildman–Crippen LogP) is 4.70. The van der Waals surface area contributed by atoms with E-state index >= 15 is 0 Å². The molecule has 2 rings (SSSR count). The van der Waals surface area contributed by atoms with Gasteiger partial charge in [0.15, 0.2) is 0 Å². The van der Waals surface area contributed by atoms with Gasteiger partial charge in [0.1, 0.15) is 11.9 Å². The fraction of sp³-hybridized carbons (Fsp3) is 0.154. The maximum absolute atomic E-state index is 5.93. The van der Waals surface area contributed by atoms with Gasteiger partial charge in [0.25, 0.3) is 0 Å². The molecule has 0 saturated carbocycles. The Labute approximate surface area is 114 Å². The van der Waals surface area contributed by atoms with Gasteiger partial charge in [-0.3, -0.25) is 0 Å². The fourth-order valence-electron chi connectivity index (χ4n) is 1.44. The first-order chi connectivity index (χ1) is 7.79. The molecule has 0 amide bonds. The van der Waals surface area contributed by atoms with Crippen LogP contribution in [0.5, 0.6) is 5.75 Å². The summed E-state index contributed by atoms with van der Waals surface area (Å²) in [6.45, 7) is 3.94. The smallest absolute Gasteiger partial charge is 0.133 e. The van der Waals surface area contributed by atoms with Gasteiger partial charge in [0.2, 0.25) is 0 Å². The third-order valence-electron chi connectivity index (χ3n) is 2.20. The minimum Gasteiger partial charge on any atom is -0.485 e. The van der Waals surface area contributed by atoms with E-state index in [1.807, 2.05) is 24.3 Å². The molecule has 1 unspecified atom stereocenters. The molecule has 0 fully saturated rings. The lowest BCUT2D eigenvalue weighted by Gasteiger charge is -2.16. The Kier molecular flexibility index (Phi) is 4.23. The van der Waals surface area contributed by atoms with Crippen LogP contribution in [-0.2, 0) is 0 Å². The Morgan fingerprint density at radius 2 is 2.19 bits per heavy atom. The molecular weight excluding hydrogens is 331 g/mol. The molecule has 83 valence electrons. The molecule has 3 heteroatoms. The van der Waals surface area contributed by atoms with Crippen LogP contribution in [0.3, 0.4) is 0 Å². The van der Waals surface area contributed by atoms with E-state index in [2.05, 4.69) is 47.0 Å². The van der Waals surface area contributed by atoms with Crippen LogP contribution in [-0.4, -0.2) is 0 Å². The lowest BCUT2D eigenvalue weighted by molar-refractivity contribution is 0.212. The monoisotopic (exact) mass is 343 g/mol. The minimum absolute atomic E-state index is 0.0678. The van der Waals surface area contributed by atoms with Crippen LogP contribution in [0.2, 0.25) is 0 Å². The zero-order valence-electron chi connectivity index (χ0n) is 8.73. The van der Waals surface area contributed by atoms with Crippen molar-refractivity contribution >= 4 is 33.9 Å². The number of rotatable bonds is 4. The van der Waals surface area contributed by atoms with E-state index in [-0.39, 0.29) is 6.10 Å². The van der Waals surface area contributed by atoms with Gasteiger partial charge in [-0.15, -0.1) is 11.3 Å². The van der Waals surface area contributed by atoms with Crippen LogP contribution in [0.1, 0.15) is 17.4 Å². The van der Waals surface area contributed by atoms with Crippen LogP contribution in [0.15, 0.2) is 41.8 Å². The summed E-state index contributed by atoms with van der Waals surface area (Å²) in [4.78, 5) is 1.23. The average molecular weight is 343 g/mol. The summed E-state index contributed by atoms with van der Waals surface area (Å²) in [7, 11) is 0. The number of ether oxygens (including phenoxy) is 1. The van der Waals surface area contributed by atoms with Crippen molar-refractivity contribution < 1.29 is 4.74 Å². The highest BCUT2D eigenvalue weighted by atomic mass is 127. The zero-order valence-corrected chi connectivity index (χ0v) is 11.7. The van der Waals surface area contributed by atoms with Crippen LogP contribution >= 0.6 is 33.9 Å². The van der Waals surface area contributed by atoms with Gasteiger partial charge >= 0.3 is 0 Å². The van der Waals surface area contributed by atoms with Gasteiger partial charge in [-0.2, -0.15) is 0 Å². The van der Waals surface area contributed by atoms with E-state index in [9.17, 15) is 0 Å². The second-order valence-electron chi connectivity index (χ2n) is 3.37. The maximum Gasteiger partial charge on any atom is 0.133 e. The van der Waals surface area contributed by atoms with E-state index in [4.69, 9.17) is 4.74 Å². The lowest BCUT2D eigenvalue weighted by atomic mass is 10.2. The molecule has 0 aliphatic rings. The van der Waals surface area contributed by atoms with Crippen molar-refractivity contribution in [3.63, 3.8) is 0 Å². The van der Waals surface area contributed by atoms with Gasteiger partial charge in [0, 0.05) is 8.45 Å². The quantitative estimate of drug-likeness (QED) is 0.732. The molecule has 0 spiro atoms. The Morgan fingerprint density at radius 3 is 2.81 bits per heavy atom. The SMILES string of the molecule is [CH2]CC(Oc1cccc(I)c1)c1cccs1. The predicted molar refractivity (Wildman–Crippen MR) is 76.8 cm³/mol. The summed E-state index contributed by atoms with van der Waals surface area (Å²) in [5.41, 5.74) is 0. The first kappa shape index (κ1) is 11.9. The van der Waals surface area contributed by atoms with Crippen molar-refractivity contribution in [2.75, 3.05) is 0 Å². The first-order valence-electron chi connectivity index (χ1n) is 5.04. The number of hydrogen-bond donors (Lipinski definition) is 0. The minimum atomic E-state index is 0.0678. The van der Waals surface area contributed by atoms with Crippen LogP contribution in [0.25, 0.3) is 0 Å². The molecule has 1 atom stereocenters. The van der Waals surface area contributed by atoms with Crippen molar-refractivity contribution in [3.8, 4) is 5.75 Å². The van der Waals surface area contributed by atoms with Crippen molar-refractivity contribution in [1.82, 2.24) is 0 Å². The Bertz CT molecular complexity index is 439. The summed E-state index contributed by atoms with van der Waals surface area (Å²) < 4.78 is 7.12. The van der Waals surface area contributed by atoms with Gasteiger partial charge in [0.05, 0.1) is 0 Å². The molecule has 0 aliphatic carbocycles. The van der Waals surface area contributed by atoms with E-state index < -0.39 is 0 Å². The normalized spacial score (nSPS) is 12.4. The van der Waals surface area contributed by atoms with E-state index in [0.717, 1.165) is 12.2 Å². The largest absolute Gasteiger partial charge is 0.485 e. The third-order valence-corrected chi connectivity index (χ3v) is 3.83. The molecule has 1 nitrogen and oxygen atoms in total. The Hall–Kier alpha value is -0.550. The molecule has 0 bridgehead atoms. The first-order valence-corrected chi connectivity index (χ1v) is 7.00. The highest BCUT2D eigenvalue weighted by Gasteiger charge is 2.11. The highest BCUT2D eigenvalue weighted by Crippen LogP contribution is 2.28. The summed E-state index contributed by atoms with van der Waals surface area (Å²) in [6, 6.07) is 12.2. The van der Waals surface area contributed by atoms with Crippen LogP contribution in [0, 0.1) is 10.5 Å². The van der Waals surface area contributed by atoms with Crippen molar-refractivity contribution in [1.29, 1.82) is 0 Å². The highest BCUT2D eigenvalue weighted by molar-refractivity contribution is 14.1. The molecule has 16 heavy (non-hydrogen) atoms. The summed E-state index contributed by atoms with van der Waals surface area (Å²) in [6.07, 6.45) is 0.810. The van der Waals surface area contributed by atoms with E-state index in [1.54, 1.807) is 11.3 Å². The summed E-state index contributed by atoms with van der Waals surface area (Å²) in [5.74, 6) is 0.911. The lowest BCUT2D eigenvalue weighted by Crippen LogP contribution is -2.04. The number of halogens is 1. The second kappa shape index (κ2) is 5.68. The average Bonchev–Trinajstić information content (AvgIpc) is 2.79. The summed E-state index contributed by atoms with van der Waals surface area (Å²) in [5, 5.41) is 2.07. The van der Waals surface area contributed by atoms with Gasteiger partial charge in [-0.05, 0) is 65.6 Å². The Balaban J connectivity index is 2.13. The standard InChI is InChI=1S/C13H12IOS/c1-2-12(13-7-4-8-16-13)15-11-6-3-5-10(14)9-11/h3-9,12H,1-2H2. The van der Waals surface area contributed by atoms with Crippen molar-refractivity contribution in [2.45, 2.75) is 12.5 Å². The van der Waals surface area contributed by atoms with Crippen molar-refractivity contribution in [3.05, 3.63) is 57.1 Å². The van der Waals surface area contributed by atoms with E-state index in [1.165, 1.54) is 8.45 Å². The van der Waals surface area contributed by atoms with Crippen LogP contribution < -0.4 is 4.74 Å². The second-order valence-corrected chi connectivity index (χ2v) is 5.59. The van der Waals surface area contributed by atoms with Gasteiger partial charge in [-0.1, -0.05) is 12.1 Å². The third kappa shape index (κ3) is 2.98.